The SMILES string of the molecule is CC.CC.CNC(=O)Nc1cn2nc(-c3ccccc3)ccc2n1. The van der Waals surface area contributed by atoms with Crippen molar-refractivity contribution < 1.29 is 4.79 Å². The first-order valence-corrected chi connectivity index (χ1v) is 8.17. The van der Waals surface area contributed by atoms with Gasteiger partial charge in [0.25, 0.3) is 0 Å². The Morgan fingerprint density at radius 2 is 1.67 bits per heavy atom. The minimum atomic E-state index is -0.309. The Hall–Kier alpha value is -2.89. The van der Waals surface area contributed by atoms with Crippen LogP contribution in [0.15, 0.2) is 48.7 Å². The number of urea groups is 1. The van der Waals surface area contributed by atoms with E-state index in [2.05, 4.69) is 20.7 Å². The zero-order valence-electron chi connectivity index (χ0n) is 14.9. The third kappa shape index (κ3) is 4.81. The summed E-state index contributed by atoms with van der Waals surface area (Å²) in [6.45, 7) is 8.00. The fourth-order valence-electron chi connectivity index (χ4n) is 1.88. The molecule has 0 aliphatic heterocycles. The number of fused-ring (bicyclic) bond motifs is 1. The first-order valence-electron chi connectivity index (χ1n) is 8.17. The summed E-state index contributed by atoms with van der Waals surface area (Å²) in [4.78, 5) is 15.5. The van der Waals surface area contributed by atoms with E-state index in [1.54, 1.807) is 17.8 Å². The first kappa shape index (κ1) is 19.2. The minimum Gasteiger partial charge on any atom is -0.341 e. The number of benzene rings is 1. The molecule has 0 radical (unpaired) electrons. The smallest absolute Gasteiger partial charge is 0.320 e. The molecule has 0 saturated heterocycles. The molecule has 0 aliphatic carbocycles. The van der Waals surface area contributed by atoms with E-state index < -0.39 is 0 Å². The molecule has 6 nitrogen and oxygen atoms in total. The van der Waals surface area contributed by atoms with Crippen LogP contribution in [-0.2, 0) is 0 Å². The summed E-state index contributed by atoms with van der Waals surface area (Å²) in [6.07, 6.45) is 1.68. The van der Waals surface area contributed by atoms with Crippen LogP contribution in [0.3, 0.4) is 0 Å². The van der Waals surface area contributed by atoms with E-state index in [0.717, 1.165) is 11.3 Å². The quantitative estimate of drug-likeness (QED) is 0.741. The van der Waals surface area contributed by atoms with E-state index >= 15 is 0 Å². The van der Waals surface area contributed by atoms with E-state index in [0.29, 0.717) is 11.5 Å². The first-order chi connectivity index (χ1) is 11.8. The predicted molar refractivity (Wildman–Crippen MR) is 99.2 cm³/mol. The molecule has 1 aromatic carbocycles. The molecule has 0 atom stereocenters. The number of amides is 2. The molecule has 2 aromatic heterocycles. The van der Waals surface area contributed by atoms with Crippen LogP contribution < -0.4 is 10.6 Å². The van der Waals surface area contributed by atoms with Gasteiger partial charge in [0.2, 0.25) is 0 Å². The molecule has 0 aliphatic rings. The molecule has 3 rings (SSSR count). The number of hydrogen-bond acceptors (Lipinski definition) is 3. The molecular weight excluding hydrogens is 302 g/mol. The molecule has 0 unspecified atom stereocenters. The number of imidazole rings is 1. The largest absolute Gasteiger partial charge is 0.341 e. The Kier molecular flexibility index (Phi) is 7.98. The molecule has 0 bridgehead atoms. The van der Waals surface area contributed by atoms with Crippen molar-refractivity contribution in [3.05, 3.63) is 48.7 Å². The molecule has 6 heteroatoms. The lowest BCUT2D eigenvalue weighted by Gasteiger charge is -2.00. The Morgan fingerprint density at radius 1 is 1.00 bits per heavy atom. The number of anilines is 1. The number of nitrogens with one attached hydrogen (secondary N) is 2. The van der Waals surface area contributed by atoms with E-state index in [4.69, 9.17) is 0 Å². The fraction of sp³-hybridized carbons (Fsp3) is 0.278. The molecule has 2 heterocycles. The molecular formula is C18H25N5O. The van der Waals surface area contributed by atoms with Crippen LogP contribution in [0.2, 0.25) is 0 Å². The highest BCUT2D eigenvalue weighted by atomic mass is 16.2. The number of hydrogen-bond donors (Lipinski definition) is 2. The van der Waals surface area contributed by atoms with Crippen molar-refractivity contribution in [1.82, 2.24) is 19.9 Å². The summed E-state index contributed by atoms with van der Waals surface area (Å²) >= 11 is 0. The topological polar surface area (TPSA) is 71.3 Å². The highest BCUT2D eigenvalue weighted by molar-refractivity contribution is 5.88. The van der Waals surface area contributed by atoms with Crippen molar-refractivity contribution in [3.63, 3.8) is 0 Å². The van der Waals surface area contributed by atoms with Gasteiger partial charge in [0.05, 0.1) is 11.9 Å². The standard InChI is InChI=1S/C14H13N5O.2C2H6/c1-15-14(20)17-12-9-19-13(16-12)8-7-11(18-19)10-5-3-2-4-6-10;2*1-2/h2-9H,1H3,(H2,15,17,20);2*1-2H3. The average molecular weight is 327 g/mol. The van der Waals surface area contributed by atoms with E-state index in [9.17, 15) is 4.79 Å². The Labute approximate surface area is 142 Å². The Balaban J connectivity index is 0.000000671. The highest BCUT2D eigenvalue weighted by Gasteiger charge is 2.06. The maximum atomic E-state index is 11.3. The number of rotatable bonds is 2. The van der Waals surface area contributed by atoms with Crippen LogP contribution in [0.1, 0.15) is 27.7 Å². The average Bonchev–Trinajstić information content (AvgIpc) is 3.07. The second-order valence-electron chi connectivity index (χ2n) is 4.22. The van der Waals surface area contributed by atoms with Crippen LogP contribution in [0.4, 0.5) is 10.6 Å². The molecule has 0 fully saturated rings. The number of carbonyl (C=O) groups excluding carboxylic acids is 1. The second-order valence-corrected chi connectivity index (χ2v) is 4.22. The van der Waals surface area contributed by atoms with Gasteiger partial charge in [0.15, 0.2) is 11.5 Å². The lowest BCUT2D eigenvalue weighted by atomic mass is 10.1. The Bertz CT molecular complexity index is 752. The summed E-state index contributed by atoms with van der Waals surface area (Å²) < 4.78 is 1.65. The molecule has 0 saturated carbocycles. The van der Waals surface area contributed by atoms with Gasteiger partial charge in [-0.1, -0.05) is 58.0 Å². The number of nitrogens with zero attached hydrogens (tertiary/aromatic N) is 3. The maximum Gasteiger partial charge on any atom is 0.320 e. The zero-order valence-corrected chi connectivity index (χ0v) is 14.9. The molecule has 0 spiro atoms. The van der Waals surface area contributed by atoms with Crippen LogP contribution >= 0.6 is 0 Å². The van der Waals surface area contributed by atoms with Gasteiger partial charge >= 0.3 is 6.03 Å². The van der Waals surface area contributed by atoms with Crippen molar-refractivity contribution >= 4 is 17.5 Å². The van der Waals surface area contributed by atoms with E-state index in [1.165, 1.54) is 0 Å². The third-order valence-electron chi connectivity index (χ3n) is 2.86. The molecule has 3 aromatic rings. The van der Waals surface area contributed by atoms with Crippen molar-refractivity contribution in [2.45, 2.75) is 27.7 Å². The van der Waals surface area contributed by atoms with Crippen LogP contribution in [-0.4, -0.2) is 27.7 Å². The zero-order chi connectivity index (χ0) is 17.9. The molecule has 2 amide bonds. The number of aromatic nitrogens is 3. The summed E-state index contributed by atoms with van der Waals surface area (Å²) in [5.74, 6) is 0.460. The summed E-state index contributed by atoms with van der Waals surface area (Å²) in [5.41, 5.74) is 2.56. The van der Waals surface area contributed by atoms with Gasteiger partial charge in [-0.15, -0.1) is 0 Å². The fourth-order valence-corrected chi connectivity index (χ4v) is 1.88. The summed E-state index contributed by atoms with van der Waals surface area (Å²) in [7, 11) is 1.55. The van der Waals surface area contributed by atoms with Crippen molar-refractivity contribution in [2.75, 3.05) is 12.4 Å². The van der Waals surface area contributed by atoms with Gasteiger partial charge in [-0.2, -0.15) is 5.10 Å². The van der Waals surface area contributed by atoms with Gasteiger partial charge in [-0.05, 0) is 12.1 Å². The minimum absolute atomic E-state index is 0.309. The monoisotopic (exact) mass is 327 g/mol. The van der Waals surface area contributed by atoms with Gasteiger partial charge in [0.1, 0.15) is 0 Å². The summed E-state index contributed by atoms with van der Waals surface area (Å²) in [6, 6.07) is 13.3. The van der Waals surface area contributed by atoms with Crippen LogP contribution in [0.5, 0.6) is 0 Å². The van der Waals surface area contributed by atoms with E-state index in [1.807, 2.05) is 70.2 Å². The predicted octanol–water partition coefficient (Wildman–Crippen LogP) is 4.20. The number of carbonyl (C=O) groups is 1. The van der Waals surface area contributed by atoms with E-state index in [-0.39, 0.29) is 6.03 Å². The Morgan fingerprint density at radius 3 is 2.29 bits per heavy atom. The molecule has 128 valence electrons. The third-order valence-corrected chi connectivity index (χ3v) is 2.86. The molecule has 24 heavy (non-hydrogen) atoms. The van der Waals surface area contributed by atoms with Gasteiger partial charge < -0.3 is 5.32 Å². The van der Waals surface area contributed by atoms with Crippen molar-refractivity contribution in [3.8, 4) is 11.3 Å². The lowest BCUT2D eigenvalue weighted by molar-refractivity contribution is 0.254. The van der Waals surface area contributed by atoms with Gasteiger partial charge in [-0.3, -0.25) is 5.32 Å². The second kappa shape index (κ2) is 9.99. The van der Waals surface area contributed by atoms with Crippen LogP contribution in [0, 0.1) is 0 Å². The lowest BCUT2D eigenvalue weighted by Crippen LogP contribution is -2.24. The van der Waals surface area contributed by atoms with Gasteiger partial charge in [-0.25, -0.2) is 14.3 Å². The molecule has 2 N–H and O–H groups in total. The highest BCUT2D eigenvalue weighted by Crippen LogP contribution is 2.17. The summed E-state index contributed by atoms with van der Waals surface area (Å²) in [5, 5.41) is 9.58. The van der Waals surface area contributed by atoms with Crippen molar-refractivity contribution in [2.24, 2.45) is 0 Å². The van der Waals surface area contributed by atoms with Crippen LogP contribution in [0.25, 0.3) is 16.9 Å². The maximum absolute atomic E-state index is 11.3. The van der Waals surface area contributed by atoms with Gasteiger partial charge in [0, 0.05) is 12.6 Å². The van der Waals surface area contributed by atoms with Crippen molar-refractivity contribution in [1.29, 1.82) is 0 Å². The normalized spacial score (nSPS) is 9.21.